The van der Waals surface area contributed by atoms with Crippen molar-refractivity contribution in [3.8, 4) is 11.5 Å². The summed E-state index contributed by atoms with van der Waals surface area (Å²) in [7, 11) is 1.54. The SMILES string of the molecule is COc1ccc(C(=O)Nc2cc(Cl)c(O)c(Cl)c2)cc1Br. The number of rotatable bonds is 3. The molecule has 2 N–H and O–H groups in total. The minimum atomic E-state index is -0.337. The first-order valence-electron chi connectivity index (χ1n) is 5.75. The van der Waals surface area contributed by atoms with E-state index < -0.39 is 0 Å². The number of carbonyl (C=O) groups is 1. The molecule has 0 spiro atoms. The maximum Gasteiger partial charge on any atom is 0.255 e. The number of phenolic OH excluding ortho intramolecular Hbond substituents is 1. The van der Waals surface area contributed by atoms with Crippen LogP contribution in [-0.2, 0) is 0 Å². The molecule has 2 aromatic carbocycles. The van der Waals surface area contributed by atoms with E-state index in [-0.39, 0.29) is 21.7 Å². The van der Waals surface area contributed by atoms with E-state index in [1.165, 1.54) is 12.1 Å². The number of phenols is 1. The zero-order chi connectivity index (χ0) is 15.6. The van der Waals surface area contributed by atoms with Crippen molar-refractivity contribution in [3.63, 3.8) is 0 Å². The smallest absolute Gasteiger partial charge is 0.255 e. The normalized spacial score (nSPS) is 10.3. The zero-order valence-electron chi connectivity index (χ0n) is 10.8. The Hall–Kier alpha value is -1.43. The Bertz CT molecular complexity index is 684. The van der Waals surface area contributed by atoms with Crippen molar-refractivity contribution in [2.75, 3.05) is 12.4 Å². The van der Waals surface area contributed by atoms with E-state index in [1.807, 2.05) is 0 Å². The van der Waals surface area contributed by atoms with Crippen molar-refractivity contribution < 1.29 is 14.6 Å². The number of anilines is 1. The van der Waals surface area contributed by atoms with Gasteiger partial charge in [-0.25, -0.2) is 0 Å². The molecular weight excluding hydrogens is 381 g/mol. The van der Waals surface area contributed by atoms with E-state index in [2.05, 4.69) is 21.2 Å². The molecule has 0 radical (unpaired) electrons. The maximum atomic E-state index is 12.2. The van der Waals surface area contributed by atoms with E-state index in [9.17, 15) is 9.90 Å². The summed E-state index contributed by atoms with van der Waals surface area (Å²) in [5.74, 6) is 0.0713. The van der Waals surface area contributed by atoms with Gasteiger partial charge in [0.05, 0.1) is 21.6 Å². The number of nitrogens with one attached hydrogen (secondary N) is 1. The van der Waals surface area contributed by atoms with Crippen molar-refractivity contribution in [1.82, 2.24) is 0 Å². The second-order valence-electron chi connectivity index (χ2n) is 4.09. The molecule has 0 aliphatic carbocycles. The number of hydrogen-bond donors (Lipinski definition) is 2. The van der Waals surface area contributed by atoms with Gasteiger partial charge in [-0.3, -0.25) is 4.79 Å². The van der Waals surface area contributed by atoms with Gasteiger partial charge in [-0.05, 0) is 46.3 Å². The Balaban J connectivity index is 2.24. The van der Waals surface area contributed by atoms with Crippen LogP contribution < -0.4 is 10.1 Å². The van der Waals surface area contributed by atoms with Crippen LogP contribution >= 0.6 is 39.1 Å². The number of halogens is 3. The number of amides is 1. The Labute approximate surface area is 139 Å². The van der Waals surface area contributed by atoms with Crippen LogP contribution in [0, 0.1) is 0 Å². The summed E-state index contributed by atoms with van der Waals surface area (Å²) in [5.41, 5.74) is 0.822. The summed E-state index contributed by atoms with van der Waals surface area (Å²) in [6, 6.07) is 7.77. The molecule has 110 valence electrons. The van der Waals surface area contributed by atoms with Crippen molar-refractivity contribution >= 4 is 50.7 Å². The predicted octanol–water partition coefficient (Wildman–Crippen LogP) is 4.72. The molecule has 0 saturated carbocycles. The average molecular weight is 391 g/mol. The van der Waals surface area contributed by atoms with Gasteiger partial charge in [-0.1, -0.05) is 23.2 Å². The van der Waals surface area contributed by atoms with E-state index in [1.54, 1.807) is 25.3 Å². The predicted molar refractivity (Wildman–Crippen MR) is 86.8 cm³/mol. The highest BCUT2D eigenvalue weighted by atomic mass is 79.9. The first-order valence-corrected chi connectivity index (χ1v) is 7.30. The number of carbonyl (C=O) groups excluding carboxylic acids is 1. The third-order valence-electron chi connectivity index (χ3n) is 2.69. The van der Waals surface area contributed by atoms with Crippen LogP contribution in [0.4, 0.5) is 5.69 Å². The lowest BCUT2D eigenvalue weighted by atomic mass is 10.2. The maximum absolute atomic E-state index is 12.2. The lowest BCUT2D eigenvalue weighted by molar-refractivity contribution is 0.102. The summed E-state index contributed by atoms with van der Waals surface area (Å²) < 4.78 is 5.77. The van der Waals surface area contributed by atoms with Crippen molar-refractivity contribution in [2.45, 2.75) is 0 Å². The molecule has 0 unspecified atom stereocenters. The first kappa shape index (κ1) is 15.9. The van der Waals surface area contributed by atoms with Crippen molar-refractivity contribution in [1.29, 1.82) is 0 Å². The van der Waals surface area contributed by atoms with Crippen LogP contribution in [0.5, 0.6) is 11.5 Å². The summed E-state index contributed by atoms with van der Waals surface area (Å²) in [5, 5.41) is 12.3. The lowest BCUT2D eigenvalue weighted by Crippen LogP contribution is -2.12. The number of benzene rings is 2. The monoisotopic (exact) mass is 389 g/mol. The Morgan fingerprint density at radius 3 is 2.38 bits per heavy atom. The van der Waals surface area contributed by atoms with Crippen LogP contribution in [0.25, 0.3) is 0 Å². The molecule has 0 saturated heterocycles. The molecule has 21 heavy (non-hydrogen) atoms. The van der Waals surface area contributed by atoms with Gasteiger partial charge in [0.25, 0.3) is 5.91 Å². The third kappa shape index (κ3) is 3.61. The fourth-order valence-electron chi connectivity index (χ4n) is 1.65. The molecule has 0 heterocycles. The average Bonchev–Trinajstić information content (AvgIpc) is 2.44. The minimum absolute atomic E-state index is 0.0636. The summed E-state index contributed by atoms with van der Waals surface area (Å²) in [6.45, 7) is 0. The number of ether oxygens (including phenoxy) is 1. The van der Waals surface area contributed by atoms with Gasteiger partial charge >= 0.3 is 0 Å². The van der Waals surface area contributed by atoms with Gasteiger partial charge in [-0.2, -0.15) is 0 Å². The van der Waals surface area contributed by atoms with Crippen molar-refractivity contribution in [3.05, 3.63) is 50.4 Å². The van der Waals surface area contributed by atoms with E-state index in [0.717, 1.165) is 0 Å². The van der Waals surface area contributed by atoms with Crippen LogP contribution in [0.15, 0.2) is 34.8 Å². The molecule has 7 heteroatoms. The number of methoxy groups -OCH3 is 1. The van der Waals surface area contributed by atoms with Gasteiger partial charge in [0.2, 0.25) is 0 Å². The highest BCUT2D eigenvalue weighted by molar-refractivity contribution is 9.10. The molecule has 2 aromatic rings. The van der Waals surface area contributed by atoms with Gasteiger partial charge < -0.3 is 15.2 Å². The second-order valence-corrected chi connectivity index (χ2v) is 5.76. The third-order valence-corrected chi connectivity index (χ3v) is 3.88. The number of aromatic hydroxyl groups is 1. The molecule has 1 amide bonds. The summed E-state index contributed by atoms with van der Waals surface area (Å²) in [6.07, 6.45) is 0. The molecule has 4 nitrogen and oxygen atoms in total. The van der Waals surface area contributed by atoms with Gasteiger partial charge in [0, 0.05) is 11.3 Å². The minimum Gasteiger partial charge on any atom is -0.505 e. The topological polar surface area (TPSA) is 58.6 Å². The molecule has 2 rings (SSSR count). The van der Waals surface area contributed by atoms with Crippen LogP contribution in [0.2, 0.25) is 10.0 Å². The second kappa shape index (κ2) is 6.56. The first-order chi connectivity index (χ1) is 9.92. The summed E-state index contributed by atoms with van der Waals surface area (Å²) in [4.78, 5) is 12.2. The Morgan fingerprint density at radius 1 is 1.24 bits per heavy atom. The Kier molecular flexibility index (Phi) is 4.98. The Morgan fingerprint density at radius 2 is 1.86 bits per heavy atom. The van der Waals surface area contributed by atoms with Gasteiger partial charge in [0.15, 0.2) is 5.75 Å². The molecule has 0 aliphatic rings. The molecule has 0 aliphatic heterocycles. The zero-order valence-corrected chi connectivity index (χ0v) is 13.9. The van der Waals surface area contributed by atoms with E-state index in [4.69, 9.17) is 27.9 Å². The summed E-state index contributed by atoms with van der Waals surface area (Å²) >= 11 is 14.9. The highest BCUT2D eigenvalue weighted by Crippen LogP contribution is 2.35. The fraction of sp³-hybridized carbons (Fsp3) is 0.0714. The van der Waals surface area contributed by atoms with Gasteiger partial charge in [0.1, 0.15) is 5.75 Å². The standard InChI is InChI=1S/C14H10BrCl2NO3/c1-21-12-3-2-7(4-9(12)15)14(20)18-8-5-10(16)13(19)11(17)6-8/h2-6,19H,1H3,(H,18,20). The van der Waals surface area contributed by atoms with E-state index in [0.29, 0.717) is 21.5 Å². The lowest BCUT2D eigenvalue weighted by Gasteiger charge is -2.09. The van der Waals surface area contributed by atoms with Crippen LogP contribution in [0.3, 0.4) is 0 Å². The molecule has 0 bridgehead atoms. The fourth-order valence-corrected chi connectivity index (χ4v) is 2.68. The molecular formula is C14H10BrCl2NO3. The van der Waals surface area contributed by atoms with E-state index >= 15 is 0 Å². The highest BCUT2D eigenvalue weighted by Gasteiger charge is 2.12. The van der Waals surface area contributed by atoms with Crippen LogP contribution in [0.1, 0.15) is 10.4 Å². The molecule has 0 atom stereocenters. The molecule has 0 aromatic heterocycles. The van der Waals surface area contributed by atoms with Gasteiger partial charge in [-0.15, -0.1) is 0 Å². The quantitative estimate of drug-likeness (QED) is 0.745. The number of hydrogen-bond acceptors (Lipinski definition) is 3. The largest absolute Gasteiger partial charge is 0.505 e. The van der Waals surface area contributed by atoms with Crippen LogP contribution in [-0.4, -0.2) is 18.1 Å². The molecule has 0 fully saturated rings. The van der Waals surface area contributed by atoms with Crippen molar-refractivity contribution in [2.24, 2.45) is 0 Å².